The van der Waals surface area contributed by atoms with Gasteiger partial charge in [0.05, 0.1) is 24.0 Å². The van der Waals surface area contributed by atoms with Crippen molar-refractivity contribution in [2.75, 3.05) is 18.1 Å². The van der Waals surface area contributed by atoms with E-state index in [4.69, 9.17) is 4.74 Å². The Balaban J connectivity index is 2.39. The van der Waals surface area contributed by atoms with E-state index in [1.807, 2.05) is 13.8 Å². The number of hydrogen-bond acceptors (Lipinski definition) is 5. The lowest BCUT2D eigenvalue weighted by molar-refractivity contribution is -0.148. The minimum Gasteiger partial charge on any atom is -0.463 e. The summed E-state index contributed by atoms with van der Waals surface area (Å²) in [6.45, 7) is 4.17. The molecule has 0 aliphatic carbocycles. The Kier molecular flexibility index (Phi) is 4.73. The molecule has 0 amide bonds. The fourth-order valence-electron chi connectivity index (χ4n) is 1.56. The first kappa shape index (κ1) is 13.4. The lowest BCUT2D eigenvalue weighted by Crippen LogP contribution is -2.46. The van der Waals surface area contributed by atoms with E-state index >= 15 is 0 Å². The van der Waals surface area contributed by atoms with Gasteiger partial charge in [-0.1, -0.05) is 6.92 Å². The fraction of sp³-hybridized carbons (Fsp3) is 0.900. The molecule has 2 atom stereocenters. The summed E-state index contributed by atoms with van der Waals surface area (Å²) in [7, 11) is -2.98. The highest BCUT2D eigenvalue weighted by molar-refractivity contribution is 7.91. The Bertz CT molecular complexity index is 339. The predicted octanol–water partition coefficient (Wildman–Crippen LogP) is 0.105. The van der Waals surface area contributed by atoms with E-state index in [-0.39, 0.29) is 36.0 Å². The molecule has 1 saturated heterocycles. The molecule has 0 saturated carbocycles. The Labute approximate surface area is 96.5 Å². The average Bonchev–Trinajstić information content (AvgIpc) is 2.15. The predicted molar refractivity (Wildman–Crippen MR) is 60.9 cm³/mol. The molecule has 16 heavy (non-hydrogen) atoms. The summed E-state index contributed by atoms with van der Waals surface area (Å²) >= 11 is 0. The van der Waals surface area contributed by atoms with Crippen LogP contribution in [0.2, 0.25) is 0 Å². The van der Waals surface area contributed by atoms with Gasteiger partial charge in [0.15, 0.2) is 9.84 Å². The van der Waals surface area contributed by atoms with E-state index < -0.39 is 9.84 Å². The van der Waals surface area contributed by atoms with Gasteiger partial charge in [-0.3, -0.25) is 4.79 Å². The Morgan fingerprint density at radius 3 is 2.81 bits per heavy atom. The van der Waals surface area contributed by atoms with E-state index in [2.05, 4.69) is 5.32 Å². The van der Waals surface area contributed by atoms with Gasteiger partial charge >= 0.3 is 5.97 Å². The molecular weight excluding hydrogens is 230 g/mol. The first-order valence-electron chi connectivity index (χ1n) is 5.56. The molecule has 0 aromatic heterocycles. The van der Waals surface area contributed by atoms with Gasteiger partial charge in [-0.05, 0) is 13.3 Å². The second-order valence-electron chi connectivity index (χ2n) is 4.18. The van der Waals surface area contributed by atoms with Crippen LogP contribution in [0.25, 0.3) is 0 Å². The maximum atomic E-state index is 11.4. The van der Waals surface area contributed by atoms with Crippen LogP contribution in [-0.4, -0.2) is 44.6 Å². The third-order valence-electron chi connectivity index (χ3n) is 2.62. The van der Waals surface area contributed by atoms with Crippen molar-refractivity contribution in [1.82, 2.24) is 5.32 Å². The minimum absolute atomic E-state index is 0.0304. The molecule has 2 unspecified atom stereocenters. The SMILES string of the molecule is CCC(C)OC(=O)CC1CS(=O)(=O)CCN1. The zero-order valence-electron chi connectivity index (χ0n) is 9.73. The number of sulfone groups is 1. The van der Waals surface area contributed by atoms with Crippen molar-refractivity contribution in [3.63, 3.8) is 0 Å². The Morgan fingerprint density at radius 1 is 1.56 bits per heavy atom. The van der Waals surface area contributed by atoms with Crippen LogP contribution in [0.5, 0.6) is 0 Å². The number of rotatable bonds is 4. The summed E-state index contributed by atoms with van der Waals surface area (Å²) in [4.78, 5) is 11.4. The van der Waals surface area contributed by atoms with Gasteiger partial charge in [0.1, 0.15) is 0 Å². The summed E-state index contributed by atoms with van der Waals surface area (Å²) < 4.78 is 27.8. The molecular formula is C10H19NO4S. The van der Waals surface area contributed by atoms with Gasteiger partial charge in [-0.25, -0.2) is 8.42 Å². The zero-order valence-corrected chi connectivity index (χ0v) is 10.5. The van der Waals surface area contributed by atoms with Crippen LogP contribution in [0.3, 0.4) is 0 Å². The molecule has 0 bridgehead atoms. The van der Waals surface area contributed by atoms with Crippen LogP contribution >= 0.6 is 0 Å². The molecule has 1 aliphatic rings. The van der Waals surface area contributed by atoms with Gasteiger partial charge in [-0.15, -0.1) is 0 Å². The molecule has 0 spiro atoms. The van der Waals surface area contributed by atoms with Crippen molar-refractivity contribution in [3.05, 3.63) is 0 Å². The van der Waals surface area contributed by atoms with E-state index in [1.54, 1.807) is 0 Å². The summed E-state index contributed by atoms with van der Waals surface area (Å²) in [5.41, 5.74) is 0. The molecule has 1 rings (SSSR count). The minimum atomic E-state index is -2.98. The second kappa shape index (κ2) is 5.63. The van der Waals surface area contributed by atoms with Crippen molar-refractivity contribution in [1.29, 1.82) is 0 Å². The summed E-state index contributed by atoms with van der Waals surface area (Å²) in [6, 6.07) is -0.296. The first-order chi connectivity index (χ1) is 7.43. The summed E-state index contributed by atoms with van der Waals surface area (Å²) in [5.74, 6) is -0.143. The molecule has 0 aromatic rings. The summed E-state index contributed by atoms with van der Waals surface area (Å²) in [5, 5.41) is 3.02. The highest BCUT2D eigenvalue weighted by atomic mass is 32.2. The van der Waals surface area contributed by atoms with E-state index in [0.29, 0.717) is 6.54 Å². The normalized spacial score (nSPS) is 26.0. The summed E-state index contributed by atoms with van der Waals surface area (Å²) in [6.07, 6.45) is 0.791. The maximum Gasteiger partial charge on any atom is 0.307 e. The quantitative estimate of drug-likeness (QED) is 0.716. The van der Waals surface area contributed by atoms with E-state index in [0.717, 1.165) is 6.42 Å². The number of nitrogens with one attached hydrogen (secondary N) is 1. The van der Waals surface area contributed by atoms with E-state index in [9.17, 15) is 13.2 Å². The van der Waals surface area contributed by atoms with Crippen molar-refractivity contribution < 1.29 is 17.9 Å². The van der Waals surface area contributed by atoms with Gasteiger partial charge in [0, 0.05) is 12.6 Å². The van der Waals surface area contributed by atoms with Crippen molar-refractivity contribution >= 4 is 15.8 Å². The third kappa shape index (κ3) is 4.49. The molecule has 5 nitrogen and oxygen atoms in total. The number of ether oxygens (including phenoxy) is 1. The standard InChI is InChI=1S/C10H19NO4S/c1-3-8(2)15-10(12)6-9-7-16(13,14)5-4-11-9/h8-9,11H,3-7H2,1-2H3. The molecule has 94 valence electrons. The molecule has 1 heterocycles. The van der Waals surface area contributed by atoms with Crippen LogP contribution in [0, 0.1) is 0 Å². The van der Waals surface area contributed by atoms with Gasteiger partial charge in [0.25, 0.3) is 0 Å². The van der Waals surface area contributed by atoms with Gasteiger partial charge < -0.3 is 10.1 Å². The number of hydrogen-bond donors (Lipinski definition) is 1. The average molecular weight is 249 g/mol. The lowest BCUT2D eigenvalue weighted by atomic mass is 10.2. The first-order valence-corrected chi connectivity index (χ1v) is 7.38. The van der Waals surface area contributed by atoms with Crippen LogP contribution in [0.1, 0.15) is 26.7 Å². The number of esters is 1. The molecule has 0 aromatic carbocycles. The lowest BCUT2D eigenvalue weighted by Gasteiger charge is -2.23. The zero-order chi connectivity index (χ0) is 12.2. The van der Waals surface area contributed by atoms with E-state index in [1.165, 1.54) is 0 Å². The van der Waals surface area contributed by atoms with Crippen LogP contribution < -0.4 is 5.32 Å². The van der Waals surface area contributed by atoms with Crippen LogP contribution in [0.4, 0.5) is 0 Å². The van der Waals surface area contributed by atoms with Crippen LogP contribution in [-0.2, 0) is 19.4 Å². The highest BCUT2D eigenvalue weighted by Gasteiger charge is 2.26. The highest BCUT2D eigenvalue weighted by Crippen LogP contribution is 2.07. The van der Waals surface area contributed by atoms with Gasteiger partial charge in [0.2, 0.25) is 0 Å². The van der Waals surface area contributed by atoms with Crippen LogP contribution in [0.15, 0.2) is 0 Å². The largest absolute Gasteiger partial charge is 0.463 e. The van der Waals surface area contributed by atoms with Crippen molar-refractivity contribution in [2.24, 2.45) is 0 Å². The molecule has 1 N–H and O–H groups in total. The molecule has 0 radical (unpaired) electrons. The smallest absolute Gasteiger partial charge is 0.307 e. The molecule has 6 heteroatoms. The number of carbonyl (C=O) groups is 1. The second-order valence-corrected chi connectivity index (χ2v) is 6.41. The Hall–Kier alpha value is -0.620. The van der Waals surface area contributed by atoms with Crippen molar-refractivity contribution in [3.8, 4) is 0 Å². The third-order valence-corrected chi connectivity index (χ3v) is 4.36. The van der Waals surface area contributed by atoms with Crippen molar-refractivity contribution in [2.45, 2.75) is 38.8 Å². The molecule has 1 fully saturated rings. The number of carbonyl (C=O) groups excluding carboxylic acids is 1. The topological polar surface area (TPSA) is 72.5 Å². The monoisotopic (exact) mass is 249 g/mol. The maximum absolute atomic E-state index is 11.4. The molecule has 1 aliphatic heterocycles. The Morgan fingerprint density at radius 2 is 2.25 bits per heavy atom. The van der Waals surface area contributed by atoms with Gasteiger partial charge in [-0.2, -0.15) is 0 Å². The fourth-order valence-corrected chi connectivity index (χ4v) is 3.00.